The number of benzene rings is 2. The highest BCUT2D eigenvalue weighted by Gasteiger charge is 2.33. The second-order valence-corrected chi connectivity index (χ2v) is 10.7. The van der Waals surface area contributed by atoms with Gasteiger partial charge in [-0.05, 0) is 57.9 Å². The van der Waals surface area contributed by atoms with Gasteiger partial charge in [-0.25, -0.2) is 13.1 Å². The molecule has 0 unspecified atom stereocenters. The summed E-state index contributed by atoms with van der Waals surface area (Å²) in [5.41, 5.74) is 2.21. The standard InChI is InChI=1S/C24H31N5O4S/c1-4-33-23-10-6-5-8-18(23)15-25-24(30)19-9-7-13-28(16-19)34(31,32)20-11-12-22-21(14-20)26-27-29(22)17(2)3/h5-6,8,10-12,14,17,19H,4,7,9,13,15-16H2,1-3H3,(H,25,30)/t19-/m0/s1. The van der Waals surface area contributed by atoms with Crippen LogP contribution in [0, 0.1) is 5.92 Å². The summed E-state index contributed by atoms with van der Waals surface area (Å²) in [5.74, 6) is 0.179. The number of rotatable bonds is 8. The van der Waals surface area contributed by atoms with Crippen molar-refractivity contribution in [2.24, 2.45) is 5.92 Å². The predicted molar refractivity (Wildman–Crippen MR) is 129 cm³/mol. The van der Waals surface area contributed by atoms with E-state index in [4.69, 9.17) is 4.74 Å². The Hall–Kier alpha value is -2.98. The lowest BCUT2D eigenvalue weighted by molar-refractivity contribution is -0.126. The van der Waals surface area contributed by atoms with E-state index >= 15 is 0 Å². The number of amides is 1. The van der Waals surface area contributed by atoms with Crippen molar-refractivity contribution in [1.29, 1.82) is 0 Å². The van der Waals surface area contributed by atoms with Gasteiger partial charge < -0.3 is 10.1 Å². The summed E-state index contributed by atoms with van der Waals surface area (Å²) < 4.78 is 35.5. The lowest BCUT2D eigenvalue weighted by atomic mass is 9.98. The van der Waals surface area contributed by atoms with E-state index in [-0.39, 0.29) is 23.4 Å². The largest absolute Gasteiger partial charge is 0.494 e. The van der Waals surface area contributed by atoms with Crippen LogP contribution < -0.4 is 10.1 Å². The molecule has 4 rings (SSSR count). The Labute approximate surface area is 200 Å². The number of aromatic nitrogens is 3. The predicted octanol–water partition coefficient (Wildman–Crippen LogP) is 3.13. The first-order chi connectivity index (χ1) is 16.3. The Kier molecular flexibility index (Phi) is 7.18. The van der Waals surface area contributed by atoms with Crippen LogP contribution in [0.15, 0.2) is 47.4 Å². The van der Waals surface area contributed by atoms with Crippen LogP contribution in [-0.4, -0.2) is 53.3 Å². The Morgan fingerprint density at radius 2 is 2.03 bits per heavy atom. The Bertz CT molecular complexity index is 1270. The second kappa shape index (κ2) is 10.1. The molecule has 1 saturated heterocycles. The smallest absolute Gasteiger partial charge is 0.243 e. The molecular formula is C24H31N5O4S. The van der Waals surface area contributed by atoms with Crippen molar-refractivity contribution in [3.63, 3.8) is 0 Å². The monoisotopic (exact) mass is 485 g/mol. The van der Waals surface area contributed by atoms with Crippen LogP contribution in [0.25, 0.3) is 11.0 Å². The van der Waals surface area contributed by atoms with Crippen LogP contribution in [0.3, 0.4) is 0 Å². The maximum atomic E-state index is 13.4. The second-order valence-electron chi connectivity index (χ2n) is 8.74. The summed E-state index contributed by atoms with van der Waals surface area (Å²) in [7, 11) is -3.76. The van der Waals surface area contributed by atoms with Gasteiger partial charge in [-0.3, -0.25) is 4.79 Å². The highest BCUT2D eigenvalue weighted by molar-refractivity contribution is 7.89. The number of hydrogen-bond donors (Lipinski definition) is 1. The first kappa shape index (κ1) is 24.2. The lowest BCUT2D eigenvalue weighted by Crippen LogP contribution is -2.45. The number of piperidine rings is 1. The molecule has 3 aromatic rings. The maximum absolute atomic E-state index is 13.4. The minimum atomic E-state index is -3.76. The van der Waals surface area contributed by atoms with Gasteiger partial charge in [0.15, 0.2) is 0 Å². The summed E-state index contributed by atoms with van der Waals surface area (Å²) in [6.07, 6.45) is 1.27. The Balaban J connectivity index is 1.45. The van der Waals surface area contributed by atoms with Gasteiger partial charge >= 0.3 is 0 Å². The molecule has 1 fully saturated rings. The highest BCUT2D eigenvalue weighted by atomic mass is 32.2. The molecule has 2 aromatic carbocycles. The van der Waals surface area contributed by atoms with Crippen molar-refractivity contribution in [2.75, 3.05) is 19.7 Å². The van der Waals surface area contributed by atoms with Gasteiger partial charge in [-0.2, -0.15) is 4.31 Å². The Morgan fingerprint density at radius 3 is 2.79 bits per heavy atom. The number of sulfonamides is 1. The van der Waals surface area contributed by atoms with Gasteiger partial charge in [0, 0.05) is 31.2 Å². The van der Waals surface area contributed by atoms with Gasteiger partial charge in [0.1, 0.15) is 11.3 Å². The molecule has 0 spiro atoms. The number of nitrogens with one attached hydrogen (secondary N) is 1. The molecule has 1 aliphatic heterocycles. The molecule has 34 heavy (non-hydrogen) atoms. The summed E-state index contributed by atoms with van der Waals surface area (Å²) >= 11 is 0. The highest BCUT2D eigenvalue weighted by Crippen LogP contribution is 2.27. The average molecular weight is 486 g/mol. The van der Waals surface area contributed by atoms with Gasteiger partial charge in [0.05, 0.1) is 22.9 Å². The molecule has 1 amide bonds. The van der Waals surface area contributed by atoms with Crippen LogP contribution in [0.5, 0.6) is 5.75 Å². The van der Waals surface area contributed by atoms with Gasteiger partial charge in [-0.15, -0.1) is 5.10 Å². The number of nitrogens with zero attached hydrogens (tertiary/aromatic N) is 4. The van der Waals surface area contributed by atoms with Gasteiger partial charge in [0.25, 0.3) is 0 Å². The van der Waals surface area contributed by atoms with Crippen molar-refractivity contribution in [2.45, 2.75) is 51.1 Å². The lowest BCUT2D eigenvalue weighted by Gasteiger charge is -2.31. The fourth-order valence-corrected chi connectivity index (χ4v) is 5.80. The van der Waals surface area contributed by atoms with Crippen molar-refractivity contribution in [3.8, 4) is 5.75 Å². The zero-order valence-corrected chi connectivity index (χ0v) is 20.6. The van der Waals surface area contributed by atoms with Crippen LogP contribution >= 0.6 is 0 Å². The van der Waals surface area contributed by atoms with E-state index in [0.717, 1.165) is 16.8 Å². The topological polar surface area (TPSA) is 106 Å². The Morgan fingerprint density at radius 1 is 1.24 bits per heavy atom. The molecule has 1 aliphatic rings. The van der Waals surface area contributed by atoms with Crippen LogP contribution in [-0.2, 0) is 21.4 Å². The van der Waals surface area contributed by atoms with Crippen LogP contribution in [0.1, 0.15) is 45.2 Å². The van der Waals surface area contributed by atoms with Gasteiger partial charge in [-0.1, -0.05) is 23.4 Å². The van der Waals surface area contributed by atoms with Crippen molar-refractivity contribution in [3.05, 3.63) is 48.0 Å². The van der Waals surface area contributed by atoms with Crippen molar-refractivity contribution in [1.82, 2.24) is 24.6 Å². The maximum Gasteiger partial charge on any atom is 0.243 e. The molecule has 0 aliphatic carbocycles. The number of ether oxygens (including phenoxy) is 1. The molecule has 0 radical (unpaired) electrons. The molecule has 2 heterocycles. The summed E-state index contributed by atoms with van der Waals surface area (Å²) in [6.45, 7) is 7.31. The van der Waals surface area contributed by atoms with E-state index < -0.39 is 15.9 Å². The first-order valence-electron chi connectivity index (χ1n) is 11.6. The van der Waals surface area contributed by atoms with Crippen molar-refractivity contribution < 1.29 is 17.9 Å². The molecule has 10 heteroatoms. The molecule has 1 N–H and O–H groups in total. The molecule has 0 bridgehead atoms. The van der Waals surface area contributed by atoms with E-state index in [0.29, 0.717) is 38.1 Å². The summed E-state index contributed by atoms with van der Waals surface area (Å²) in [5, 5.41) is 11.2. The van der Waals surface area contributed by atoms with E-state index in [9.17, 15) is 13.2 Å². The first-order valence-corrected chi connectivity index (χ1v) is 13.1. The molecule has 1 atom stereocenters. The SMILES string of the molecule is CCOc1ccccc1CNC(=O)[C@H]1CCCN(S(=O)(=O)c2ccc3c(c2)nnn3C(C)C)C1. The summed E-state index contributed by atoms with van der Waals surface area (Å²) in [4.78, 5) is 13.1. The minimum Gasteiger partial charge on any atom is -0.494 e. The van der Waals surface area contributed by atoms with Crippen LogP contribution in [0.2, 0.25) is 0 Å². The summed E-state index contributed by atoms with van der Waals surface area (Å²) in [6, 6.07) is 12.6. The molecule has 0 saturated carbocycles. The number of carbonyl (C=O) groups is 1. The normalized spacial score (nSPS) is 17.2. The third kappa shape index (κ3) is 4.92. The molecule has 182 valence electrons. The molecule has 1 aromatic heterocycles. The van der Waals surface area contributed by atoms with Crippen LogP contribution in [0.4, 0.5) is 0 Å². The van der Waals surface area contributed by atoms with E-state index in [1.54, 1.807) is 22.9 Å². The number of hydrogen-bond acceptors (Lipinski definition) is 6. The number of fused-ring (bicyclic) bond motifs is 1. The molecule has 9 nitrogen and oxygen atoms in total. The van der Waals surface area contributed by atoms with Gasteiger partial charge in [0.2, 0.25) is 15.9 Å². The quantitative estimate of drug-likeness (QED) is 0.525. The van der Waals surface area contributed by atoms with Crippen molar-refractivity contribution >= 4 is 27.0 Å². The average Bonchev–Trinajstić information content (AvgIpc) is 3.27. The number of carbonyl (C=O) groups excluding carboxylic acids is 1. The fourth-order valence-electron chi connectivity index (χ4n) is 4.26. The zero-order valence-electron chi connectivity index (χ0n) is 19.8. The zero-order chi connectivity index (χ0) is 24.3. The molecular weight excluding hydrogens is 454 g/mol. The third-order valence-electron chi connectivity index (χ3n) is 6.05. The minimum absolute atomic E-state index is 0.120. The van der Waals surface area contributed by atoms with E-state index in [1.807, 2.05) is 45.0 Å². The fraction of sp³-hybridized carbons (Fsp3) is 0.458. The van der Waals surface area contributed by atoms with E-state index in [2.05, 4.69) is 15.6 Å². The number of para-hydroxylation sites is 1. The third-order valence-corrected chi connectivity index (χ3v) is 7.91. The van der Waals surface area contributed by atoms with E-state index in [1.165, 1.54) is 4.31 Å².